The van der Waals surface area contributed by atoms with Crippen LogP contribution in [0.3, 0.4) is 0 Å². The summed E-state index contributed by atoms with van der Waals surface area (Å²) < 4.78 is 0. The molecule has 5 aliphatic rings. The molecule has 5 rings (SSSR count). The van der Waals surface area contributed by atoms with Gasteiger partial charge in [-0.05, 0) is 82.0 Å². The van der Waals surface area contributed by atoms with Crippen molar-refractivity contribution in [1.82, 2.24) is 16.0 Å². The van der Waals surface area contributed by atoms with Gasteiger partial charge in [0.25, 0.3) is 0 Å². The van der Waals surface area contributed by atoms with E-state index in [1.54, 1.807) is 0 Å². The minimum absolute atomic E-state index is 0.00416. The summed E-state index contributed by atoms with van der Waals surface area (Å²) in [5.74, 6) is 2.23. The van der Waals surface area contributed by atoms with Crippen LogP contribution in [0.15, 0.2) is 0 Å². The first kappa shape index (κ1) is 17.6. The van der Waals surface area contributed by atoms with E-state index in [1.807, 2.05) is 0 Å². The summed E-state index contributed by atoms with van der Waals surface area (Å²) in [6, 6.07) is 2.12. The van der Waals surface area contributed by atoms with Crippen molar-refractivity contribution in [2.75, 3.05) is 6.54 Å². The van der Waals surface area contributed by atoms with Gasteiger partial charge in [-0.15, -0.1) is 0 Å². The number of carbonyl (C=O) groups is 2. The van der Waals surface area contributed by atoms with Crippen LogP contribution in [0.25, 0.3) is 0 Å². The Balaban J connectivity index is 1.21. The molecule has 5 fully saturated rings. The summed E-state index contributed by atoms with van der Waals surface area (Å²) in [6.45, 7) is 0.311. The quantitative estimate of drug-likeness (QED) is 0.705. The van der Waals surface area contributed by atoms with Gasteiger partial charge in [-0.25, -0.2) is 4.79 Å². The molecule has 0 unspecified atom stereocenters. The zero-order chi connectivity index (χ0) is 18.2. The lowest BCUT2D eigenvalue weighted by Crippen LogP contribution is -2.61. The third-order valence-electron chi connectivity index (χ3n) is 7.10. The highest BCUT2D eigenvalue weighted by Crippen LogP contribution is 2.55. The van der Waals surface area contributed by atoms with E-state index in [2.05, 4.69) is 22.0 Å². The van der Waals surface area contributed by atoms with Crippen molar-refractivity contribution >= 4 is 11.9 Å². The number of hydrogen-bond acceptors (Lipinski definition) is 3. The Morgan fingerprint density at radius 1 is 0.962 bits per heavy atom. The fourth-order valence-corrected chi connectivity index (χ4v) is 6.41. The maximum absolute atomic E-state index is 12.4. The number of urea groups is 1. The largest absolute Gasteiger partial charge is 0.338 e. The third-order valence-corrected chi connectivity index (χ3v) is 7.10. The second kappa shape index (κ2) is 6.75. The van der Waals surface area contributed by atoms with Crippen LogP contribution in [-0.2, 0) is 4.79 Å². The molecule has 0 aliphatic heterocycles. The van der Waals surface area contributed by atoms with E-state index in [1.165, 1.54) is 19.3 Å². The fourth-order valence-electron chi connectivity index (χ4n) is 6.41. The number of carbonyl (C=O) groups excluding carboxylic acids is 2. The molecular weight excluding hydrogens is 328 g/mol. The molecule has 0 aromatic heterocycles. The zero-order valence-corrected chi connectivity index (χ0v) is 15.5. The Morgan fingerprint density at radius 2 is 1.54 bits per heavy atom. The van der Waals surface area contributed by atoms with E-state index in [9.17, 15) is 14.9 Å². The van der Waals surface area contributed by atoms with E-state index >= 15 is 0 Å². The second-order valence-corrected chi connectivity index (χ2v) is 9.28. The summed E-state index contributed by atoms with van der Waals surface area (Å²) >= 11 is 0. The van der Waals surface area contributed by atoms with Gasteiger partial charge in [-0.1, -0.05) is 0 Å². The van der Waals surface area contributed by atoms with Crippen LogP contribution in [0.4, 0.5) is 4.79 Å². The van der Waals surface area contributed by atoms with E-state index in [4.69, 9.17) is 0 Å². The molecule has 0 spiro atoms. The molecule has 0 heterocycles. The maximum Gasteiger partial charge on any atom is 0.315 e. The minimum atomic E-state index is -0.682. The normalized spacial score (nSPS) is 36.3. The summed E-state index contributed by atoms with van der Waals surface area (Å²) in [5, 5.41) is 18.3. The molecule has 3 amide bonds. The van der Waals surface area contributed by atoms with Gasteiger partial charge in [-0.2, -0.15) is 5.26 Å². The van der Waals surface area contributed by atoms with Crippen molar-refractivity contribution < 1.29 is 9.59 Å². The molecule has 5 saturated carbocycles. The Morgan fingerprint density at radius 3 is 2.08 bits per heavy atom. The van der Waals surface area contributed by atoms with E-state index in [0.717, 1.165) is 62.7 Å². The highest BCUT2D eigenvalue weighted by atomic mass is 16.2. The standard InChI is InChI=1S/C20H30N4O2/c21-13-19(4-1-2-5-19)23-17(25)3-6-22-18(26)24-20-10-14-7-15(11-20)9-16(8-14)12-20/h14-16H,1-12H2,(H,23,25)(H2,22,24,26). The third kappa shape index (κ3) is 3.54. The molecule has 0 aromatic carbocycles. The maximum atomic E-state index is 12.4. The number of rotatable bonds is 5. The first-order valence-corrected chi connectivity index (χ1v) is 10.3. The minimum Gasteiger partial charge on any atom is -0.338 e. The summed E-state index contributed by atoms with van der Waals surface area (Å²) in [4.78, 5) is 24.5. The monoisotopic (exact) mass is 358 g/mol. The topological polar surface area (TPSA) is 94.0 Å². The average molecular weight is 358 g/mol. The van der Waals surface area contributed by atoms with Gasteiger partial charge in [0.2, 0.25) is 5.91 Å². The Kier molecular flexibility index (Phi) is 4.58. The summed E-state index contributed by atoms with van der Waals surface area (Å²) in [6.07, 6.45) is 11.1. The van der Waals surface area contributed by atoms with Crippen LogP contribution in [0.2, 0.25) is 0 Å². The predicted octanol–water partition coefficient (Wildman–Crippen LogP) is 2.60. The lowest BCUT2D eigenvalue weighted by molar-refractivity contribution is -0.122. The highest BCUT2D eigenvalue weighted by molar-refractivity contribution is 5.79. The van der Waals surface area contributed by atoms with Gasteiger partial charge in [-0.3, -0.25) is 4.79 Å². The van der Waals surface area contributed by atoms with Gasteiger partial charge in [0.05, 0.1) is 6.07 Å². The van der Waals surface area contributed by atoms with Crippen LogP contribution < -0.4 is 16.0 Å². The molecule has 0 aromatic rings. The predicted molar refractivity (Wildman–Crippen MR) is 97.0 cm³/mol. The van der Waals surface area contributed by atoms with Crippen molar-refractivity contribution in [3.05, 3.63) is 0 Å². The van der Waals surface area contributed by atoms with Crippen molar-refractivity contribution in [2.45, 2.75) is 81.7 Å². The smallest absolute Gasteiger partial charge is 0.315 e. The molecule has 0 atom stereocenters. The zero-order valence-electron chi connectivity index (χ0n) is 15.5. The first-order valence-electron chi connectivity index (χ1n) is 10.3. The van der Waals surface area contributed by atoms with Gasteiger partial charge >= 0.3 is 6.03 Å². The van der Waals surface area contributed by atoms with Gasteiger partial charge in [0, 0.05) is 18.5 Å². The number of nitriles is 1. The molecule has 0 radical (unpaired) electrons. The molecule has 4 bridgehead atoms. The average Bonchev–Trinajstić information content (AvgIpc) is 3.02. The van der Waals surface area contributed by atoms with Crippen LogP contribution in [-0.4, -0.2) is 29.6 Å². The molecular formula is C20H30N4O2. The second-order valence-electron chi connectivity index (χ2n) is 9.28. The van der Waals surface area contributed by atoms with E-state index in [-0.39, 0.29) is 23.9 Å². The van der Waals surface area contributed by atoms with Gasteiger partial charge in [0.15, 0.2) is 0 Å². The number of amides is 3. The summed E-state index contributed by atoms with van der Waals surface area (Å²) in [5.41, 5.74) is -0.686. The Labute approximate surface area is 155 Å². The molecule has 5 aliphatic carbocycles. The highest BCUT2D eigenvalue weighted by Gasteiger charge is 2.51. The van der Waals surface area contributed by atoms with Crippen LogP contribution >= 0.6 is 0 Å². The summed E-state index contributed by atoms with van der Waals surface area (Å²) in [7, 11) is 0. The lowest BCUT2D eigenvalue weighted by atomic mass is 9.53. The van der Waals surface area contributed by atoms with Crippen molar-refractivity contribution in [3.8, 4) is 6.07 Å². The van der Waals surface area contributed by atoms with E-state index in [0.29, 0.717) is 6.54 Å². The van der Waals surface area contributed by atoms with Crippen molar-refractivity contribution in [1.29, 1.82) is 5.26 Å². The molecule has 26 heavy (non-hydrogen) atoms. The Hall–Kier alpha value is -1.77. The molecule has 6 heteroatoms. The fraction of sp³-hybridized carbons (Fsp3) is 0.850. The molecule has 142 valence electrons. The number of hydrogen-bond donors (Lipinski definition) is 3. The first-order chi connectivity index (χ1) is 12.5. The van der Waals surface area contributed by atoms with Crippen LogP contribution in [0.1, 0.15) is 70.6 Å². The lowest BCUT2D eigenvalue weighted by Gasteiger charge is -2.56. The SMILES string of the molecule is N#CC1(NC(=O)CCNC(=O)NC23CC4CC(CC(C4)C2)C3)CCCC1. The van der Waals surface area contributed by atoms with Crippen LogP contribution in [0, 0.1) is 29.1 Å². The van der Waals surface area contributed by atoms with Crippen LogP contribution in [0.5, 0.6) is 0 Å². The molecule has 3 N–H and O–H groups in total. The van der Waals surface area contributed by atoms with Gasteiger partial charge in [0.1, 0.15) is 5.54 Å². The molecule has 6 nitrogen and oxygen atoms in total. The van der Waals surface area contributed by atoms with E-state index < -0.39 is 5.54 Å². The molecule has 0 saturated heterocycles. The van der Waals surface area contributed by atoms with Crippen molar-refractivity contribution in [3.63, 3.8) is 0 Å². The number of nitrogens with one attached hydrogen (secondary N) is 3. The Bertz CT molecular complexity index is 583. The van der Waals surface area contributed by atoms with Gasteiger partial charge < -0.3 is 16.0 Å². The number of nitrogens with zero attached hydrogens (tertiary/aromatic N) is 1. The van der Waals surface area contributed by atoms with Crippen molar-refractivity contribution in [2.24, 2.45) is 17.8 Å².